The van der Waals surface area contributed by atoms with Gasteiger partial charge in [-0.2, -0.15) is 5.26 Å². The Kier molecular flexibility index (Phi) is 2.88. The van der Waals surface area contributed by atoms with Gasteiger partial charge in [-0.1, -0.05) is 18.2 Å². The molecule has 0 unspecified atom stereocenters. The summed E-state index contributed by atoms with van der Waals surface area (Å²) in [4.78, 5) is 4.37. The standard InChI is InChI=1S/C16H14N4/c1-11-2-7-14-15(8-11)20(16(18)19-14)10-13-5-3-12(9-17)4-6-13/h2-8H,10H2,1H3,(H2,18,19). The lowest BCUT2D eigenvalue weighted by molar-refractivity contribution is 0.838. The zero-order valence-electron chi connectivity index (χ0n) is 11.2. The number of nitriles is 1. The van der Waals surface area contributed by atoms with Gasteiger partial charge in [-0.05, 0) is 42.3 Å². The zero-order valence-corrected chi connectivity index (χ0v) is 11.2. The van der Waals surface area contributed by atoms with E-state index in [2.05, 4.69) is 24.0 Å². The average Bonchev–Trinajstić information content (AvgIpc) is 2.76. The van der Waals surface area contributed by atoms with Crippen molar-refractivity contribution in [3.8, 4) is 6.07 Å². The van der Waals surface area contributed by atoms with Crippen molar-refractivity contribution in [1.82, 2.24) is 9.55 Å². The van der Waals surface area contributed by atoms with E-state index in [9.17, 15) is 0 Å². The molecule has 98 valence electrons. The van der Waals surface area contributed by atoms with Gasteiger partial charge in [0.05, 0.1) is 29.2 Å². The number of nitrogens with two attached hydrogens (primary N) is 1. The second-order valence-corrected chi connectivity index (χ2v) is 4.86. The summed E-state index contributed by atoms with van der Waals surface area (Å²) in [7, 11) is 0. The minimum absolute atomic E-state index is 0.509. The maximum atomic E-state index is 8.82. The molecule has 1 aromatic heterocycles. The molecule has 0 bridgehead atoms. The second kappa shape index (κ2) is 4.71. The summed E-state index contributed by atoms with van der Waals surface area (Å²) >= 11 is 0. The average molecular weight is 262 g/mol. The largest absolute Gasteiger partial charge is 0.369 e. The molecule has 2 N–H and O–H groups in total. The zero-order chi connectivity index (χ0) is 14.1. The van der Waals surface area contributed by atoms with Gasteiger partial charge in [-0.15, -0.1) is 0 Å². The molecule has 0 saturated heterocycles. The Hall–Kier alpha value is -2.80. The Bertz CT molecular complexity index is 807. The monoisotopic (exact) mass is 262 g/mol. The van der Waals surface area contributed by atoms with E-state index in [0.29, 0.717) is 18.1 Å². The van der Waals surface area contributed by atoms with E-state index in [1.807, 2.05) is 41.0 Å². The number of anilines is 1. The van der Waals surface area contributed by atoms with Gasteiger partial charge in [0.25, 0.3) is 0 Å². The molecule has 4 nitrogen and oxygen atoms in total. The number of rotatable bonds is 2. The molecule has 0 amide bonds. The molecule has 0 radical (unpaired) electrons. The Morgan fingerprint density at radius 1 is 1.20 bits per heavy atom. The first-order valence-electron chi connectivity index (χ1n) is 6.39. The van der Waals surface area contributed by atoms with Gasteiger partial charge in [-0.25, -0.2) is 4.98 Å². The topological polar surface area (TPSA) is 67.6 Å². The predicted molar refractivity (Wildman–Crippen MR) is 79.1 cm³/mol. The van der Waals surface area contributed by atoms with Crippen LogP contribution in [-0.2, 0) is 6.54 Å². The first-order valence-corrected chi connectivity index (χ1v) is 6.39. The minimum Gasteiger partial charge on any atom is -0.369 e. The Labute approximate surface area is 117 Å². The third-order valence-corrected chi connectivity index (χ3v) is 3.36. The molecule has 0 aliphatic carbocycles. The Balaban J connectivity index is 2.03. The van der Waals surface area contributed by atoms with E-state index in [1.165, 1.54) is 5.56 Å². The van der Waals surface area contributed by atoms with E-state index < -0.39 is 0 Å². The fraction of sp³-hybridized carbons (Fsp3) is 0.125. The van der Waals surface area contributed by atoms with Crippen LogP contribution in [0, 0.1) is 18.3 Å². The van der Waals surface area contributed by atoms with Crippen LogP contribution in [0.25, 0.3) is 11.0 Å². The molecule has 0 aliphatic rings. The molecule has 0 spiro atoms. The lowest BCUT2D eigenvalue weighted by Gasteiger charge is -2.07. The van der Waals surface area contributed by atoms with Crippen LogP contribution in [0.1, 0.15) is 16.7 Å². The first kappa shape index (κ1) is 12.2. The maximum Gasteiger partial charge on any atom is 0.201 e. The molecule has 3 aromatic rings. The molecule has 0 atom stereocenters. The minimum atomic E-state index is 0.509. The number of benzene rings is 2. The van der Waals surface area contributed by atoms with Crippen molar-refractivity contribution < 1.29 is 0 Å². The van der Waals surface area contributed by atoms with E-state index in [-0.39, 0.29) is 0 Å². The Morgan fingerprint density at radius 3 is 2.65 bits per heavy atom. The summed E-state index contributed by atoms with van der Waals surface area (Å²) in [5.74, 6) is 0.509. The number of imidazole rings is 1. The first-order chi connectivity index (χ1) is 9.67. The molecule has 0 saturated carbocycles. The lowest BCUT2D eigenvalue weighted by Crippen LogP contribution is -2.04. The molecule has 20 heavy (non-hydrogen) atoms. The van der Waals surface area contributed by atoms with Crippen LogP contribution in [0.4, 0.5) is 5.95 Å². The number of hydrogen-bond acceptors (Lipinski definition) is 3. The van der Waals surface area contributed by atoms with Gasteiger partial charge in [-0.3, -0.25) is 0 Å². The molecular weight excluding hydrogens is 248 g/mol. The van der Waals surface area contributed by atoms with E-state index >= 15 is 0 Å². The summed E-state index contributed by atoms with van der Waals surface area (Å²) in [6.45, 7) is 2.70. The SMILES string of the molecule is Cc1ccc2nc(N)n(Cc3ccc(C#N)cc3)c2c1. The van der Waals surface area contributed by atoms with Crippen LogP contribution in [0.3, 0.4) is 0 Å². The molecule has 3 rings (SSSR count). The molecular formula is C16H14N4. The maximum absolute atomic E-state index is 8.82. The van der Waals surface area contributed by atoms with E-state index in [0.717, 1.165) is 16.6 Å². The number of hydrogen-bond donors (Lipinski definition) is 1. The van der Waals surface area contributed by atoms with Crippen LogP contribution in [0.15, 0.2) is 42.5 Å². The summed E-state index contributed by atoms with van der Waals surface area (Å²) in [5, 5.41) is 8.82. The van der Waals surface area contributed by atoms with Crippen molar-refractivity contribution in [3.05, 3.63) is 59.2 Å². The highest BCUT2D eigenvalue weighted by Crippen LogP contribution is 2.20. The third-order valence-electron chi connectivity index (χ3n) is 3.36. The van der Waals surface area contributed by atoms with Gasteiger partial charge in [0.15, 0.2) is 0 Å². The normalized spacial score (nSPS) is 10.6. The summed E-state index contributed by atoms with van der Waals surface area (Å²) in [6.07, 6.45) is 0. The smallest absolute Gasteiger partial charge is 0.201 e. The molecule has 4 heteroatoms. The van der Waals surface area contributed by atoms with Crippen LogP contribution in [0.2, 0.25) is 0 Å². The van der Waals surface area contributed by atoms with Crippen LogP contribution >= 0.6 is 0 Å². The number of nitrogens with zero attached hydrogens (tertiary/aromatic N) is 3. The van der Waals surface area contributed by atoms with Gasteiger partial charge in [0.2, 0.25) is 5.95 Å². The fourth-order valence-corrected chi connectivity index (χ4v) is 2.28. The highest BCUT2D eigenvalue weighted by Gasteiger charge is 2.08. The summed E-state index contributed by atoms with van der Waals surface area (Å²) in [6, 6.07) is 15.7. The molecule has 0 aliphatic heterocycles. The second-order valence-electron chi connectivity index (χ2n) is 4.86. The molecule has 0 fully saturated rings. The summed E-state index contributed by atoms with van der Waals surface area (Å²) < 4.78 is 1.99. The van der Waals surface area contributed by atoms with Crippen LogP contribution in [0.5, 0.6) is 0 Å². The van der Waals surface area contributed by atoms with Gasteiger partial charge < -0.3 is 10.3 Å². The predicted octanol–water partition coefficient (Wildman–Crippen LogP) is 2.85. The highest BCUT2D eigenvalue weighted by molar-refractivity contribution is 5.79. The quantitative estimate of drug-likeness (QED) is 0.772. The van der Waals surface area contributed by atoms with Crippen molar-refractivity contribution in [1.29, 1.82) is 5.26 Å². The lowest BCUT2D eigenvalue weighted by atomic mass is 10.1. The number of aromatic nitrogens is 2. The highest BCUT2D eigenvalue weighted by atomic mass is 15.1. The van der Waals surface area contributed by atoms with Crippen molar-refractivity contribution in [2.24, 2.45) is 0 Å². The molecule has 1 heterocycles. The van der Waals surface area contributed by atoms with Gasteiger partial charge in [0, 0.05) is 0 Å². The number of nitrogen functional groups attached to an aromatic ring is 1. The van der Waals surface area contributed by atoms with E-state index in [4.69, 9.17) is 11.0 Å². The number of fused-ring (bicyclic) bond motifs is 1. The van der Waals surface area contributed by atoms with Crippen LogP contribution < -0.4 is 5.73 Å². The number of aryl methyl sites for hydroxylation is 1. The van der Waals surface area contributed by atoms with Crippen LogP contribution in [-0.4, -0.2) is 9.55 Å². The fourth-order valence-electron chi connectivity index (χ4n) is 2.28. The van der Waals surface area contributed by atoms with Gasteiger partial charge >= 0.3 is 0 Å². The van der Waals surface area contributed by atoms with E-state index in [1.54, 1.807) is 0 Å². The molecule has 2 aromatic carbocycles. The van der Waals surface area contributed by atoms with Crippen molar-refractivity contribution in [2.75, 3.05) is 5.73 Å². The summed E-state index contributed by atoms with van der Waals surface area (Å²) in [5.41, 5.74) is 10.9. The third kappa shape index (κ3) is 2.10. The van der Waals surface area contributed by atoms with Gasteiger partial charge in [0.1, 0.15) is 0 Å². The van der Waals surface area contributed by atoms with Crippen molar-refractivity contribution in [3.63, 3.8) is 0 Å². The van der Waals surface area contributed by atoms with Crippen molar-refractivity contribution >= 4 is 17.0 Å². The Morgan fingerprint density at radius 2 is 1.95 bits per heavy atom. The van der Waals surface area contributed by atoms with Crippen molar-refractivity contribution in [2.45, 2.75) is 13.5 Å².